The first-order valence-corrected chi connectivity index (χ1v) is 11.7. The fraction of sp³-hybridized carbons (Fsp3) is 0.750. The molecule has 0 aromatic heterocycles. The summed E-state index contributed by atoms with van der Waals surface area (Å²) in [6.07, 6.45) is 4.57. The molecule has 0 radical (unpaired) electrons. The van der Waals surface area contributed by atoms with E-state index in [1.165, 1.54) is 13.8 Å². The number of ketones is 2. The number of nitroso groups, excluding NO2 is 1. The van der Waals surface area contributed by atoms with Gasteiger partial charge in [-0.25, -0.2) is 4.89 Å². The van der Waals surface area contributed by atoms with Gasteiger partial charge in [-0.1, -0.05) is 30.3 Å². The molecule has 4 N–H and O–H groups in total. The Morgan fingerprint density at radius 3 is 2.56 bits per heavy atom. The van der Waals surface area contributed by atoms with E-state index in [0.29, 0.717) is 12.8 Å². The molecule has 0 heterocycles. The maximum absolute atomic E-state index is 12.3. The SMILES string of the molecule is CC1C=CC2=CC(O)CC(OCC(=O)C(=O)C(C)(C)N=O)C2[C@H]1CCC(O)CC(O)CCOO. The van der Waals surface area contributed by atoms with Crippen molar-refractivity contribution in [1.29, 1.82) is 0 Å². The number of allylic oxidation sites excluding steroid dienone is 2. The van der Waals surface area contributed by atoms with Gasteiger partial charge in [-0.2, -0.15) is 0 Å². The molecule has 10 nitrogen and oxygen atoms in total. The van der Waals surface area contributed by atoms with Crippen LogP contribution in [0.5, 0.6) is 0 Å². The summed E-state index contributed by atoms with van der Waals surface area (Å²) < 4.78 is 5.85. The molecule has 0 bridgehead atoms. The van der Waals surface area contributed by atoms with Crippen molar-refractivity contribution in [2.24, 2.45) is 22.9 Å². The Labute approximate surface area is 199 Å². The average molecular weight is 484 g/mol. The molecule has 0 saturated carbocycles. The van der Waals surface area contributed by atoms with Gasteiger partial charge in [0.1, 0.15) is 6.61 Å². The van der Waals surface area contributed by atoms with Crippen molar-refractivity contribution in [3.8, 4) is 0 Å². The third kappa shape index (κ3) is 7.59. The highest BCUT2D eigenvalue weighted by Crippen LogP contribution is 2.43. The van der Waals surface area contributed by atoms with E-state index in [1.807, 2.05) is 19.1 Å². The highest BCUT2D eigenvalue weighted by Gasteiger charge is 2.42. The van der Waals surface area contributed by atoms with E-state index in [0.717, 1.165) is 5.57 Å². The van der Waals surface area contributed by atoms with Crippen molar-refractivity contribution in [2.45, 2.75) is 82.8 Å². The van der Waals surface area contributed by atoms with Gasteiger partial charge in [0, 0.05) is 12.3 Å². The van der Waals surface area contributed by atoms with Crippen LogP contribution < -0.4 is 0 Å². The van der Waals surface area contributed by atoms with Crippen molar-refractivity contribution >= 4 is 11.6 Å². The lowest BCUT2D eigenvalue weighted by Gasteiger charge is -2.43. The summed E-state index contributed by atoms with van der Waals surface area (Å²) in [5.41, 5.74) is -0.776. The minimum atomic E-state index is -1.66. The van der Waals surface area contributed by atoms with E-state index in [1.54, 1.807) is 6.08 Å². The Morgan fingerprint density at radius 2 is 1.91 bits per heavy atom. The first-order valence-electron chi connectivity index (χ1n) is 11.7. The number of rotatable bonds is 14. The molecule has 0 aliphatic heterocycles. The highest BCUT2D eigenvalue weighted by molar-refractivity contribution is 6.41. The quantitative estimate of drug-likeness (QED) is 0.125. The summed E-state index contributed by atoms with van der Waals surface area (Å²) in [6, 6.07) is 0. The monoisotopic (exact) mass is 483 g/mol. The fourth-order valence-corrected chi connectivity index (χ4v) is 4.79. The van der Waals surface area contributed by atoms with E-state index in [4.69, 9.17) is 9.99 Å². The van der Waals surface area contributed by atoms with Gasteiger partial charge in [0.25, 0.3) is 0 Å². The van der Waals surface area contributed by atoms with Gasteiger partial charge in [0.05, 0.1) is 31.0 Å². The summed E-state index contributed by atoms with van der Waals surface area (Å²) in [6.45, 7) is 4.07. The van der Waals surface area contributed by atoms with E-state index >= 15 is 0 Å². The second-order valence-corrected chi connectivity index (χ2v) is 9.87. The topological polar surface area (TPSA) is 163 Å². The predicted molar refractivity (Wildman–Crippen MR) is 123 cm³/mol. The van der Waals surface area contributed by atoms with Crippen LogP contribution in [0.3, 0.4) is 0 Å². The van der Waals surface area contributed by atoms with Crippen LogP contribution in [-0.2, 0) is 19.2 Å². The molecule has 34 heavy (non-hydrogen) atoms. The van der Waals surface area contributed by atoms with Crippen molar-refractivity contribution in [3.05, 3.63) is 28.7 Å². The molecular weight excluding hydrogens is 446 g/mol. The number of ether oxygens (including phenoxy) is 1. The Bertz CT molecular complexity index is 778. The molecule has 0 amide bonds. The molecule has 0 aromatic carbocycles. The third-order valence-electron chi connectivity index (χ3n) is 6.76. The highest BCUT2D eigenvalue weighted by atomic mass is 17.1. The molecule has 2 aliphatic rings. The normalized spacial score (nSPS) is 28.6. The van der Waals surface area contributed by atoms with Crippen molar-refractivity contribution in [3.63, 3.8) is 0 Å². The van der Waals surface area contributed by atoms with Crippen LogP contribution in [0.15, 0.2) is 29.0 Å². The van der Waals surface area contributed by atoms with Crippen LogP contribution >= 0.6 is 0 Å². The van der Waals surface area contributed by atoms with Gasteiger partial charge < -0.3 is 20.1 Å². The lowest BCUT2D eigenvalue weighted by molar-refractivity contribution is -0.245. The van der Waals surface area contributed by atoms with E-state index in [-0.39, 0.29) is 43.6 Å². The van der Waals surface area contributed by atoms with Gasteiger partial charge in [0.15, 0.2) is 5.54 Å². The summed E-state index contributed by atoms with van der Waals surface area (Å²) in [5, 5.41) is 41.7. The van der Waals surface area contributed by atoms with Gasteiger partial charge in [-0.15, -0.1) is 4.91 Å². The molecule has 10 heteroatoms. The number of carbonyl (C=O) groups excluding carboxylic acids is 2. The molecule has 7 atom stereocenters. The smallest absolute Gasteiger partial charge is 0.231 e. The van der Waals surface area contributed by atoms with Crippen LogP contribution in [0.2, 0.25) is 0 Å². The summed E-state index contributed by atoms with van der Waals surface area (Å²) in [4.78, 5) is 39.4. The van der Waals surface area contributed by atoms with Gasteiger partial charge in [-0.05, 0) is 56.9 Å². The lowest BCUT2D eigenvalue weighted by atomic mass is 9.66. The molecule has 192 valence electrons. The average Bonchev–Trinajstić information content (AvgIpc) is 2.79. The summed E-state index contributed by atoms with van der Waals surface area (Å²) in [7, 11) is 0. The van der Waals surface area contributed by atoms with Crippen LogP contribution in [0, 0.1) is 22.7 Å². The van der Waals surface area contributed by atoms with Crippen LogP contribution in [-0.4, -0.2) is 75.3 Å². The minimum Gasteiger partial charge on any atom is -0.393 e. The van der Waals surface area contributed by atoms with Crippen molar-refractivity contribution in [1.82, 2.24) is 0 Å². The Balaban J connectivity index is 2.07. The Morgan fingerprint density at radius 1 is 1.24 bits per heavy atom. The molecule has 2 rings (SSSR count). The van der Waals surface area contributed by atoms with Gasteiger partial charge >= 0.3 is 0 Å². The van der Waals surface area contributed by atoms with E-state index in [9.17, 15) is 29.8 Å². The molecule has 6 unspecified atom stereocenters. The first kappa shape index (κ1) is 28.4. The molecule has 0 saturated heterocycles. The first-order chi connectivity index (χ1) is 16.0. The fourth-order valence-electron chi connectivity index (χ4n) is 4.79. The zero-order valence-electron chi connectivity index (χ0n) is 20.0. The zero-order valence-corrected chi connectivity index (χ0v) is 20.0. The van der Waals surface area contributed by atoms with Crippen LogP contribution in [0.1, 0.15) is 52.9 Å². The molecule has 0 aromatic rings. The summed E-state index contributed by atoms with van der Waals surface area (Å²) in [5.74, 6) is -1.73. The van der Waals surface area contributed by atoms with Crippen LogP contribution in [0.25, 0.3) is 0 Å². The van der Waals surface area contributed by atoms with Gasteiger partial charge in [-0.3, -0.25) is 14.8 Å². The summed E-state index contributed by atoms with van der Waals surface area (Å²) >= 11 is 0. The molecule has 2 aliphatic carbocycles. The van der Waals surface area contributed by atoms with Crippen molar-refractivity contribution in [2.75, 3.05) is 13.2 Å². The molecule has 0 fully saturated rings. The number of aliphatic hydroxyl groups excluding tert-OH is 3. The number of carbonyl (C=O) groups is 2. The number of Topliss-reactive ketones (excluding diaryl/α,β-unsaturated/α-hetero) is 2. The number of fused-ring (bicyclic) bond motifs is 1. The number of hydrogen-bond acceptors (Lipinski definition) is 10. The Kier molecular flexibility index (Phi) is 10.7. The standard InChI is InChI=1S/C24H37NO9/c1-14-4-5-15-10-18(28)12-21(33-13-20(29)23(30)24(2,3)25-31)22(15)19(14)7-6-16(26)11-17(27)8-9-34-32/h4-5,10,14,16-19,21-22,26-28,32H,6-9,11-13H2,1-3H3/t14?,16?,17?,18?,19-,21?,22?/m0/s1. The second-order valence-electron chi connectivity index (χ2n) is 9.87. The minimum absolute atomic E-state index is 0.0166. The maximum Gasteiger partial charge on any atom is 0.231 e. The van der Waals surface area contributed by atoms with Gasteiger partial charge in [0.2, 0.25) is 11.6 Å². The predicted octanol–water partition coefficient (Wildman–Crippen LogP) is 1.96. The number of hydrogen-bond donors (Lipinski definition) is 4. The van der Waals surface area contributed by atoms with E-state index < -0.39 is 48.1 Å². The second kappa shape index (κ2) is 12.8. The lowest BCUT2D eigenvalue weighted by Crippen LogP contribution is -2.44. The van der Waals surface area contributed by atoms with E-state index in [2.05, 4.69) is 10.1 Å². The zero-order chi connectivity index (χ0) is 25.5. The molecule has 0 spiro atoms. The number of nitrogens with zero attached hydrogens (tertiary/aromatic N) is 1. The largest absolute Gasteiger partial charge is 0.393 e. The molecular formula is C24H37NO9. The van der Waals surface area contributed by atoms with Crippen molar-refractivity contribution < 1.29 is 39.8 Å². The van der Waals surface area contributed by atoms with Crippen LogP contribution in [0.4, 0.5) is 0 Å². The number of aliphatic hydroxyl groups is 3. The maximum atomic E-state index is 12.3. The third-order valence-corrected chi connectivity index (χ3v) is 6.76. The Hall–Kier alpha value is -1.82.